The molecule has 1 N–H and O–H groups in total. The molecular weight excluding hydrogens is 300 g/mol. The van der Waals surface area contributed by atoms with Gasteiger partial charge in [0.1, 0.15) is 11.4 Å². The van der Waals surface area contributed by atoms with Gasteiger partial charge in [-0.05, 0) is 36.8 Å². The van der Waals surface area contributed by atoms with Crippen molar-refractivity contribution in [1.82, 2.24) is 9.97 Å². The molecule has 1 aromatic carbocycles. The van der Waals surface area contributed by atoms with E-state index in [4.69, 9.17) is 4.74 Å². The Labute approximate surface area is 143 Å². The summed E-state index contributed by atoms with van der Waals surface area (Å²) in [5.41, 5.74) is 2.14. The maximum Gasteiger partial charge on any atom is 0.270 e. The van der Waals surface area contributed by atoms with E-state index in [9.17, 15) is 4.79 Å². The second kappa shape index (κ2) is 7.82. The minimum Gasteiger partial charge on any atom is -0.497 e. The van der Waals surface area contributed by atoms with Gasteiger partial charge in [-0.25, -0.2) is 4.98 Å². The average Bonchev–Trinajstić information content (AvgIpc) is 2.99. The molecule has 2 atom stereocenters. The Kier molecular flexibility index (Phi) is 5.54. The SMILES string of the molecule is COc1ccc2nc(CCCCC[C@@H]3CCC[C@@H]3C)c(=O)[nH]c2c1. The molecule has 0 amide bonds. The fourth-order valence-corrected chi connectivity index (χ4v) is 3.93. The molecule has 0 unspecified atom stereocenters. The van der Waals surface area contributed by atoms with E-state index >= 15 is 0 Å². The Bertz CT molecular complexity index is 738. The van der Waals surface area contributed by atoms with Gasteiger partial charge in [0.2, 0.25) is 0 Å². The lowest BCUT2D eigenvalue weighted by Crippen LogP contribution is -2.15. The molecule has 130 valence electrons. The molecule has 4 heteroatoms. The Hall–Kier alpha value is -1.84. The number of aromatic nitrogens is 2. The standard InChI is InChI=1S/C20H28N2O2/c1-14-7-6-9-15(14)8-4-3-5-10-18-20(23)22-19-13-16(24-2)11-12-17(19)21-18/h11-15H,3-10H2,1-2H3,(H,22,23)/t14-,15+/m0/s1. The maximum atomic E-state index is 12.2. The Balaban J connectivity index is 1.53. The number of rotatable bonds is 7. The number of benzene rings is 1. The smallest absolute Gasteiger partial charge is 0.270 e. The topological polar surface area (TPSA) is 55.0 Å². The molecule has 1 saturated carbocycles. The normalized spacial score (nSPS) is 20.6. The van der Waals surface area contributed by atoms with Gasteiger partial charge >= 0.3 is 0 Å². The molecule has 0 aliphatic heterocycles. The molecule has 24 heavy (non-hydrogen) atoms. The Morgan fingerprint density at radius 2 is 2.12 bits per heavy atom. The van der Waals surface area contributed by atoms with Gasteiger partial charge in [-0.3, -0.25) is 4.79 Å². The van der Waals surface area contributed by atoms with Crippen LogP contribution in [0.25, 0.3) is 11.0 Å². The second-order valence-corrected chi connectivity index (χ2v) is 7.16. The molecule has 4 nitrogen and oxygen atoms in total. The molecule has 0 bridgehead atoms. The summed E-state index contributed by atoms with van der Waals surface area (Å²) in [7, 11) is 1.62. The zero-order valence-corrected chi connectivity index (χ0v) is 14.8. The zero-order chi connectivity index (χ0) is 16.9. The minimum absolute atomic E-state index is 0.0693. The van der Waals surface area contributed by atoms with Crippen LogP contribution in [0.1, 0.15) is 57.6 Å². The number of nitrogens with zero attached hydrogens (tertiary/aromatic N) is 1. The van der Waals surface area contributed by atoms with Crippen LogP contribution < -0.4 is 10.3 Å². The van der Waals surface area contributed by atoms with Crippen LogP contribution in [-0.2, 0) is 6.42 Å². The van der Waals surface area contributed by atoms with Crippen molar-refractivity contribution in [2.75, 3.05) is 7.11 Å². The van der Waals surface area contributed by atoms with Crippen molar-refractivity contribution in [2.24, 2.45) is 11.8 Å². The second-order valence-electron chi connectivity index (χ2n) is 7.16. The number of hydrogen-bond donors (Lipinski definition) is 1. The molecule has 2 aromatic rings. The van der Waals surface area contributed by atoms with E-state index in [-0.39, 0.29) is 5.56 Å². The lowest BCUT2D eigenvalue weighted by Gasteiger charge is -2.14. The number of methoxy groups -OCH3 is 1. The van der Waals surface area contributed by atoms with Crippen LogP contribution in [0.15, 0.2) is 23.0 Å². The fourth-order valence-electron chi connectivity index (χ4n) is 3.93. The van der Waals surface area contributed by atoms with E-state index in [0.29, 0.717) is 5.69 Å². The molecule has 1 aliphatic carbocycles. The van der Waals surface area contributed by atoms with Crippen LogP contribution in [0.3, 0.4) is 0 Å². The van der Waals surface area contributed by atoms with Crippen molar-refractivity contribution in [1.29, 1.82) is 0 Å². The summed E-state index contributed by atoms with van der Waals surface area (Å²) in [6.07, 6.45) is 9.84. The van der Waals surface area contributed by atoms with Gasteiger partial charge in [-0.2, -0.15) is 0 Å². The molecule has 1 aromatic heterocycles. The average molecular weight is 328 g/mol. The summed E-state index contributed by atoms with van der Waals surface area (Å²) in [4.78, 5) is 19.7. The highest BCUT2D eigenvalue weighted by Gasteiger charge is 2.22. The van der Waals surface area contributed by atoms with Crippen molar-refractivity contribution < 1.29 is 4.74 Å². The summed E-state index contributed by atoms with van der Waals surface area (Å²) in [6.45, 7) is 2.39. The van der Waals surface area contributed by atoms with E-state index in [1.807, 2.05) is 18.2 Å². The van der Waals surface area contributed by atoms with E-state index in [2.05, 4.69) is 16.9 Å². The number of nitrogens with one attached hydrogen (secondary N) is 1. The van der Waals surface area contributed by atoms with Crippen molar-refractivity contribution in [3.63, 3.8) is 0 Å². The predicted octanol–water partition coefficient (Wildman–Crippen LogP) is 4.47. The van der Waals surface area contributed by atoms with Crippen molar-refractivity contribution in [2.45, 2.75) is 58.3 Å². The van der Waals surface area contributed by atoms with Gasteiger partial charge in [0.25, 0.3) is 5.56 Å². The summed E-state index contributed by atoms with van der Waals surface area (Å²) in [5.74, 6) is 2.57. The van der Waals surface area contributed by atoms with Crippen LogP contribution >= 0.6 is 0 Å². The Morgan fingerprint density at radius 1 is 1.25 bits per heavy atom. The first-order chi connectivity index (χ1) is 11.7. The first kappa shape index (κ1) is 17.0. The third kappa shape index (κ3) is 3.97. The first-order valence-electron chi connectivity index (χ1n) is 9.24. The number of H-pyrrole nitrogens is 1. The third-order valence-electron chi connectivity index (χ3n) is 5.50. The van der Waals surface area contributed by atoms with Crippen LogP contribution in [0.2, 0.25) is 0 Å². The van der Waals surface area contributed by atoms with Gasteiger partial charge in [0, 0.05) is 6.07 Å². The fraction of sp³-hybridized carbons (Fsp3) is 0.600. The van der Waals surface area contributed by atoms with Crippen molar-refractivity contribution >= 4 is 11.0 Å². The lowest BCUT2D eigenvalue weighted by molar-refractivity contribution is 0.375. The molecule has 3 rings (SSSR count). The first-order valence-corrected chi connectivity index (χ1v) is 9.24. The molecule has 0 saturated heterocycles. The van der Waals surface area contributed by atoms with E-state index < -0.39 is 0 Å². The summed E-state index contributed by atoms with van der Waals surface area (Å²) in [5, 5.41) is 0. The molecule has 0 spiro atoms. The van der Waals surface area contributed by atoms with E-state index in [1.165, 1.54) is 38.5 Å². The van der Waals surface area contributed by atoms with Gasteiger partial charge in [0.15, 0.2) is 0 Å². The minimum atomic E-state index is -0.0693. The maximum absolute atomic E-state index is 12.2. The van der Waals surface area contributed by atoms with Gasteiger partial charge in [-0.15, -0.1) is 0 Å². The van der Waals surface area contributed by atoms with Crippen molar-refractivity contribution in [3.8, 4) is 5.75 Å². The highest BCUT2D eigenvalue weighted by Crippen LogP contribution is 2.34. The monoisotopic (exact) mass is 328 g/mol. The van der Waals surface area contributed by atoms with Gasteiger partial charge < -0.3 is 9.72 Å². The number of aromatic amines is 1. The third-order valence-corrected chi connectivity index (χ3v) is 5.50. The van der Waals surface area contributed by atoms with Crippen LogP contribution in [0.5, 0.6) is 5.75 Å². The molecule has 1 aliphatic rings. The number of ether oxygens (including phenoxy) is 1. The van der Waals surface area contributed by atoms with Crippen molar-refractivity contribution in [3.05, 3.63) is 34.2 Å². The molecule has 1 fully saturated rings. The Morgan fingerprint density at radius 3 is 2.88 bits per heavy atom. The molecular formula is C20H28N2O2. The highest BCUT2D eigenvalue weighted by atomic mass is 16.5. The largest absolute Gasteiger partial charge is 0.497 e. The van der Waals surface area contributed by atoms with Crippen LogP contribution in [0.4, 0.5) is 0 Å². The van der Waals surface area contributed by atoms with E-state index in [1.54, 1.807) is 7.11 Å². The summed E-state index contributed by atoms with van der Waals surface area (Å²) < 4.78 is 5.18. The number of unbranched alkanes of at least 4 members (excludes halogenated alkanes) is 2. The molecule has 0 radical (unpaired) electrons. The number of aryl methyl sites for hydroxylation is 1. The van der Waals surface area contributed by atoms with Crippen LogP contribution in [-0.4, -0.2) is 17.1 Å². The number of fused-ring (bicyclic) bond motifs is 1. The van der Waals surface area contributed by atoms with Gasteiger partial charge in [0.05, 0.1) is 18.1 Å². The summed E-state index contributed by atoms with van der Waals surface area (Å²) in [6, 6.07) is 5.59. The van der Waals surface area contributed by atoms with Crippen LogP contribution in [0, 0.1) is 11.8 Å². The van der Waals surface area contributed by atoms with Gasteiger partial charge in [-0.1, -0.05) is 45.4 Å². The molecule has 1 heterocycles. The van der Waals surface area contributed by atoms with E-state index in [0.717, 1.165) is 41.5 Å². The predicted molar refractivity (Wildman–Crippen MR) is 97.6 cm³/mol. The quantitative estimate of drug-likeness (QED) is 0.763. The highest BCUT2D eigenvalue weighted by molar-refractivity contribution is 5.75. The lowest BCUT2D eigenvalue weighted by atomic mass is 9.92. The summed E-state index contributed by atoms with van der Waals surface area (Å²) >= 11 is 0. The number of hydrogen-bond acceptors (Lipinski definition) is 3. The zero-order valence-electron chi connectivity index (χ0n) is 14.8.